The highest BCUT2D eigenvalue weighted by Crippen LogP contribution is 2.26. The van der Waals surface area contributed by atoms with Gasteiger partial charge in [0.2, 0.25) is 11.9 Å². The van der Waals surface area contributed by atoms with Crippen LogP contribution < -0.4 is 15.4 Å². The van der Waals surface area contributed by atoms with E-state index in [2.05, 4.69) is 30.9 Å². The molecule has 1 fully saturated rings. The van der Waals surface area contributed by atoms with Crippen LogP contribution in [0.1, 0.15) is 12.8 Å². The number of nitrogen functional groups attached to an aromatic ring is 1. The van der Waals surface area contributed by atoms with Crippen LogP contribution in [-0.2, 0) is 0 Å². The predicted octanol–water partition coefficient (Wildman–Crippen LogP) is 2.75. The molecule has 2 N–H and O–H groups in total. The molecule has 2 heterocycles. The van der Waals surface area contributed by atoms with Crippen LogP contribution in [0.15, 0.2) is 22.7 Å². The largest absolute Gasteiger partial charge is 0.421 e. The second-order valence-corrected chi connectivity index (χ2v) is 5.56. The van der Waals surface area contributed by atoms with E-state index in [0.717, 1.165) is 25.9 Å². The number of rotatable bonds is 3. The lowest BCUT2D eigenvalue weighted by molar-refractivity contribution is 0.410. The van der Waals surface area contributed by atoms with Gasteiger partial charge >= 0.3 is 6.01 Å². The van der Waals surface area contributed by atoms with E-state index >= 15 is 0 Å². The zero-order valence-electron chi connectivity index (χ0n) is 11.1. The Kier molecular flexibility index (Phi) is 3.87. The molecular weight excluding hydrogens is 341 g/mol. The summed E-state index contributed by atoms with van der Waals surface area (Å²) in [5.74, 6) is 0.0502. The van der Waals surface area contributed by atoms with E-state index in [1.54, 1.807) is 6.07 Å². The highest BCUT2D eigenvalue weighted by molar-refractivity contribution is 9.10. The molecule has 0 atom stereocenters. The van der Waals surface area contributed by atoms with Crippen molar-refractivity contribution in [3.8, 4) is 11.8 Å². The Labute approximate surface area is 129 Å². The van der Waals surface area contributed by atoms with Crippen molar-refractivity contribution in [3.05, 3.63) is 28.5 Å². The third-order valence-electron chi connectivity index (χ3n) is 3.10. The Balaban J connectivity index is 1.87. The molecule has 1 saturated heterocycles. The second kappa shape index (κ2) is 5.80. The molecule has 3 rings (SSSR count). The number of ether oxygens (including phenoxy) is 1. The molecule has 0 saturated carbocycles. The van der Waals surface area contributed by atoms with E-state index in [9.17, 15) is 4.39 Å². The summed E-state index contributed by atoms with van der Waals surface area (Å²) in [4.78, 5) is 14.2. The monoisotopic (exact) mass is 353 g/mol. The van der Waals surface area contributed by atoms with Crippen LogP contribution in [0.5, 0.6) is 11.8 Å². The molecule has 0 unspecified atom stereocenters. The highest BCUT2D eigenvalue weighted by Gasteiger charge is 2.18. The lowest BCUT2D eigenvalue weighted by Gasteiger charge is -2.15. The first-order chi connectivity index (χ1) is 10.1. The van der Waals surface area contributed by atoms with Crippen molar-refractivity contribution < 1.29 is 9.13 Å². The van der Waals surface area contributed by atoms with Crippen LogP contribution in [0, 0.1) is 5.82 Å². The van der Waals surface area contributed by atoms with Gasteiger partial charge in [-0.2, -0.15) is 15.0 Å². The van der Waals surface area contributed by atoms with Gasteiger partial charge in [-0.15, -0.1) is 0 Å². The minimum Gasteiger partial charge on any atom is -0.421 e. The molecule has 0 amide bonds. The van der Waals surface area contributed by atoms with Crippen molar-refractivity contribution in [2.75, 3.05) is 23.7 Å². The minimum atomic E-state index is -0.508. The molecule has 0 spiro atoms. The van der Waals surface area contributed by atoms with E-state index in [4.69, 9.17) is 10.5 Å². The van der Waals surface area contributed by atoms with Gasteiger partial charge in [0.05, 0.1) is 0 Å². The SMILES string of the molecule is Nc1nc(Oc2ccc(Br)cc2F)nc(N2CCCC2)n1. The number of nitrogens with two attached hydrogens (primary N) is 1. The Morgan fingerprint density at radius 1 is 1.19 bits per heavy atom. The topological polar surface area (TPSA) is 77.2 Å². The van der Waals surface area contributed by atoms with E-state index in [1.165, 1.54) is 12.1 Å². The van der Waals surface area contributed by atoms with E-state index < -0.39 is 5.82 Å². The fraction of sp³-hybridized carbons (Fsp3) is 0.308. The first kappa shape index (κ1) is 14.0. The fourth-order valence-electron chi connectivity index (χ4n) is 2.12. The highest BCUT2D eigenvalue weighted by atomic mass is 79.9. The molecule has 2 aromatic rings. The summed E-state index contributed by atoms with van der Waals surface area (Å²) in [6.45, 7) is 1.74. The molecule has 1 aliphatic heterocycles. The number of benzene rings is 1. The number of aromatic nitrogens is 3. The molecule has 0 aliphatic carbocycles. The lowest BCUT2D eigenvalue weighted by atomic mass is 10.3. The molecule has 6 nitrogen and oxygen atoms in total. The zero-order valence-corrected chi connectivity index (χ0v) is 12.7. The summed E-state index contributed by atoms with van der Waals surface area (Å²) >= 11 is 3.19. The number of hydrogen-bond acceptors (Lipinski definition) is 6. The third-order valence-corrected chi connectivity index (χ3v) is 3.60. The normalized spacial score (nSPS) is 14.5. The van der Waals surface area contributed by atoms with Gasteiger partial charge in [0.15, 0.2) is 11.6 Å². The summed E-state index contributed by atoms with van der Waals surface area (Å²) in [6, 6.07) is 4.46. The Morgan fingerprint density at radius 3 is 2.67 bits per heavy atom. The van der Waals surface area contributed by atoms with Gasteiger partial charge in [0.25, 0.3) is 0 Å². The first-order valence-corrected chi connectivity index (χ1v) is 7.30. The molecule has 21 heavy (non-hydrogen) atoms. The van der Waals surface area contributed by atoms with Crippen LogP contribution in [0.2, 0.25) is 0 Å². The van der Waals surface area contributed by atoms with Crippen LogP contribution >= 0.6 is 15.9 Å². The summed E-state index contributed by atoms with van der Waals surface area (Å²) in [5, 5.41) is 0. The minimum absolute atomic E-state index is 0.00868. The quantitative estimate of drug-likeness (QED) is 0.913. The first-order valence-electron chi connectivity index (χ1n) is 6.51. The van der Waals surface area contributed by atoms with Crippen LogP contribution in [0.25, 0.3) is 0 Å². The number of nitrogens with zero attached hydrogens (tertiary/aromatic N) is 4. The Hall–Kier alpha value is -1.96. The van der Waals surface area contributed by atoms with Crippen LogP contribution in [-0.4, -0.2) is 28.0 Å². The number of hydrogen-bond donors (Lipinski definition) is 1. The summed E-state index contributed by atoms with van der Waals surface area (Å²) in [7, 11) is 0. The maximum atomic E-state index is 13.8. The predicted molar refractivity (Wildman–Crippen MR) is 79.9 cm³/mol. The van der Waals surface area contributed by atoms with Crippen molar-refractivity contribution >= 4 is 27.8 Å². The molecule has 1 aliphatic rings. The average molecular weight is 354 g/mol. The van der Waals surface area contributed by atoms with Gasteiger partial charge in [-0.3, -0.25) is 0 Å². The maximum Gasteiger partial charge on any atom is 0.328 e. The molecular formula is C13H13BrFN5O. The van der Waals surface area contributed by atoms with Gasteiger partial charge < -0.3 is 15.4 Å². The van der Waals surface area contributed by atoms with E-state index in [-0.39, 0.29) is 17.7 Å². The average Bonchev–Trinajstić information content (AvgIpc) is 2.95. The van der Waals surface area contributed by atoms with Crippen molar-refractivity contribution in [2.45, 2.75) is 12.8 Å². The molecule has 110 valence electrons. The summed E-state index contributed by atoms with van der Waals surface area (Å²) < 4.78 is 19.8. The Bertz CT molecular complexity index is 663. The van der Waals surface area contributed by atoms with Crippen molar-refractivity contribution in [2.24, 2.45) is 0 Å². The van der Waals surface area contributed by atoms with Crippen molar-refractivity contribution in [1.82, 2.24) is 15.0 Å². The van der Waals surface area contributed by atoms with Gasteiger partial charge in [-0.1, -0.05) is 15.9 Å². The van der Waals surface area contributed by atoms with Gasteiger partial charge in [-0.25, -0.2) is 4.39 Å². The van der Waals surface area contributed by atoms with Crippen molar-refractivity contribution in [3.63, 3.8) is 0 Å². The number of anilines is 2. The van der Waals surface area contributed by atoms with Crippen molar-refractivity contribution in [1.29, 1.82) is 0 Å². The number of halogens is 2. The van der Waals surface area contributed by atoms with E-state index in [1.807, 2.05) is 4.90 Å². The molecule has 1 aromatic carbocycles. The van der Waals surface area contributed by atoms with Gasteiger partial charge in [0.1, 0.15) is 0 Å². The maximum absolute atomic E-state index is 13.8. The fourth-order valence-corrected chi connectivity index (χ4v) is 2.45. The van der Waals surface area contributed by atoms with E-state index in [0.29, 0.717) is 10.4 Å². The zero-order chi connectivity index (χ0) is 14.8. The summed E-state index contributed by atoms with van der Waals surface area (Å²) in [6.07, 6.45) is 2.17. The van der Waals surface area contributed by atoms with Gasteiger partial charge in [-0.05, 0) is 31.0 Å². The third kappa shape index (κ3) is 3.21. The standard InChI is InChI=1S/C13H13BrFN5O/c14-8-3-4-10(9(15)7-8)21-13-18-11(16)17-12(19-13)20-5-1-2-6-20/h3-4,7H,1-2,5-6H2,(H2,16,17,18,19). The van der Waals surface area contributed by atoms with Crippen LogP contribution in [0.3, 0.4) is 0 Å². The van der Waals surface area contributed by atoms with Crippen LogP contribution in [0.4, 0.5) is 16.3 Å². The lowest BCUT2D eigenvalue weighted by Crippen LogP contribution is -2.21. The van der Waals surface area contributed by atoms with Gasteiger partial charge in [0, 0.05) is 17.6 Å². The molecule has 1 aromatic heterocycles. The Morgan fingerprint density at radius 2 is 1.95 bits per heavy atom. The molecule has 8 heteroatoms. The summed E-state index contributed by atoms with van der Waals surface area (Å²) in [5.41, 5.74) is 5.67. The smallest absolute Gasteiger partial charge is 0.328 e. The molecule has 0 radical (unpaired) electrons. The molecule has 0 bridgehead atoms. The second-order valence-electron chi connectivity index (χ2n) is 4.65.